The van der Waals surface area contributed by atoms with Crippen molar-refractivity contribution in [3.63, 3.8) is 0 Å². The summed E-state index contributed by atoms with van der Waals surface area (Å²) < 4.78 is 5.33. The molecule has 0 spiro atoms. The lowest BCUT2D eigenvalue weighted by molar-refractivity contribution is -0.135. The average molecular weight is 355 g/mol. The van der Waals surface area contributed by atoms with Crippen LogP contribution in [0.1, 0.15) is 11.1 Å². The van der Waals surface area contributed by atoms with E-state index in [2.05, 4.69) is 10.2 Å². The van der Waals surface area contributed by atoms with Crippen molar-refractivity contribution < 1.29 is 14.4 Å². The van der Waals surface area contributed by atoms with Crippen molar-refractivity contribution in [1.82, 2.24) is 15.3 Å². The van der Waals surface area contributed by atoms with Crippen LogP contribution in [0, 0.1) is 0 Å². The molecule has 0 atom stereocenters. The Hall–Kier alpha value is -2.41. The molecule has 2 aromatic carbocycles. The predicted molar refractivity (Wildman–Crippen MR) is 99.0 cm³/mol. The highest BCUT2D eigenvalue weighted by Crippen LogP contribution is 2.09. The summed E-state index contributed by atoms with van der Waals surface area (Å²) in [5, 5.41) is 4.33. The number of nitrogens with one attached hydrogen (secondary N) is 1. The highest BCUT2D eigenvalue weighted by Gasteiger charge is 2.17. The van der Waals surface area contributed by atoms with Crippen LogP contribution in [0.15, 0.2) is 60.7 Å². The number of urea groups is 1. The molecular weight excluding hydrogens is 330 g/mol. The molecule has 2 aromatic rings. The van der Waals surface area contributed by atoms with Gasteiger partial charge in [0.2, 0.25) is 0 Å². The lowest BCUT2D eigenvalue weighted by atomic mass is 10.2. The molecule has 0 saturated carbocycles. The highest BCUT2D eigenvalue weighted by atomic mass is 16.7. The zero-order valence-corrected chi connectivity index (χ0v) is 14.8. The summed E-state index contributed by atoms with van der Waals surface area (Å²) >= 11 is 0. The summed E-state index contributed by atoms with van der Waals surface area (Å²) in [6.07, 6.45) is 0. The van der Waals surface area contributed by atoms with Crippen molar-refractivity contribution in [3.8, 4) is 0 Å². The normalized spacial score (nSPS) is 14.8. The van der Waals surface area contributed by atoms with E-state index in [0.717, 1.165) is 24.2 Å². The second kappa shape index (κ2) is 9.91. The molecule has 3 rings (SSSR count). The zero-order chi connectivity index (χ0) is 18.0. The molecule has 1 heterocycles. The van der Waals surface area contributed by atoms with Gasteiger partial charge in [0.1, 0.15) is 6.61 Å². The summed E-state index contributed by atoms with van der Waals surface area (Å²) in [7, 11) is 0. The van der Waals surface area contributed by atoms with Crippen LogP contribution in [-0.4, -0.2) is 49.0 Å². The Bertz CT molecular complexity index is 661. The lowest BCUT2D eigenvalue weighted by Gasteiger charge is -2.28. The van der Waals surface area contributed by atoms with Crippen molar-refractivity contribution >= 4 is 6.03 Å². The fourth-order valence-electron chi connectivity index (χ4n) is 2.68. The van der Waals surface area contributed by atoms with Gasteiger partial charge in [-0.05, 0) is 11.1 Å². The molecule has 138 valence electrons. The molecule has 0 aromatic heterocycles. The van der Waals surface area contributed by atoms with E-state index >= 15 is 0 Å². The molecule has 1 fully saturated rings. The van der Waals surface area contributed by atoms with Crippen LogP contribution in [-0.2, 0) is 22.7 Å². The molecule has 6 nitrogen and oxygen atoms in total. The van der Waals surface area contributed by atoms with E-state index in [-0.39, 0.29) is 6.03 Å². The smallest absolute Gasteiger partial charge is 0.342 e. The number of carbonyl (C=O) groups is 1. The van der Waals surface area contributed by atoms with E-state index in [1.807, 2.05) is 60.7 Å². The molecule has 1 saturated heterocycles. The summed E-state index contributed by atoms with van der Waals surface area (Å²) in [6.45, 7) is 4.28. The Balaban J connectivity index is 1.58. The Kier molecular flexibility index (Phi) is 7.01. The van der Waals surface area contributed by atoms with Crippen LogP contribution in [0.3, 0.4) is 0 Å². The third-order valence-corrected chi connectivity index (χ3v) is 4.18. The first-order valence-electron chi connectivity index (χ1n) is 8.87. The molecule has 0 radical (unpaired) electrons. The van der Waals surface area contributed by atoms with Gasteiger partial charge in [0.25, 0.3) is 0 Å². The van der Waals surface area contributed by atoms with E-state index in [9.17, 15) is 4.79 Å². The number of hydrogen-bond acceptors (Lipinski definition) is 4. The average Bonchev–Trinajstić information content (AvgIpc) is 2.71. The van der Waals surface area contributed by atoms with E-state index in [0.29, 0.717) is 33.0 Å². The van der Waals surface area contributed by atoms with E-state index < -0.39 is 0 Å². The third kappa shape index (κ3) is 5.84. The number of nitrogens with zero attached hydrogens (tertiary/aromatic N) is 2. The Morgan fingerprint density at radius 1 is 1.00 bits per heavy atom. The number of morpholine rings is 1. The second-order valence-corrected chi connectivity index (χ2v) is 6.15. The minimum Gasteiger partial charge on any atom is -0.379 e. The number of benzene rings is 2. The maximum atomic E-state index is 12.6. The van der Waals surface area contributed by atoms with E-state index in [1.54, 1.807) is 0 Å². The first kappa shape index (κ1) is 18.4. The SMILES string of the molecule is O=C(NCN1CCOCC1)N(Cc1ccccc1)OCc1ccccc1. The fraction of sp³-hybridized carbons (Fsp3) is 0.350. The fourth-order valence-corrected chi connectivity index (χ4v) is 2.68. The van der Waals surface area contributed by atoms with E-state index in [1.165, 1.54) is 5.06 Å². The molecule has 0 bridgehead atoms. The molecule has 0 aliphatic carbocycles. The Morgan fingerprint density at radius 3 is 2.27 bits per heavy atom. The van der Waals surface area contributed by atoms with Crippen LogP contribution in [0.25, 0.3) is 0 Å². The van der Waals surface area contributed by atoms with Gasteiger partial charge >= 0.3 is 6.03 Å². The van der Waals surface area contributed by atoms with Gasteiger partial charge in [-0.1, -0.05) is 60.7 Å². The maximum absolute atomic E-state index is 12.6. The Labute approximate surface area is 154 Å². The van der Waals surface area contributed by atoms with E-state index in [4.69, 9.17) is 9.57 Å². The monoisotopic (exact) mass is 355 g/mol. The number of rotatable bonds is 7. The summed E-state index contributed by atoms with van der Waals surface area (Å²) in [4.78, 5) is 20.6. The Morgan fingerprint density at radius 2 is 1.62 bits per heavy atom. The molecule has 0 unspecified atom stereocenters. The number of hydroxylamine groups is 2. The van der Waals surface area contributed by atoms with Crippen LogP contribution in [0.2, 0.25) is 0 Å². The summed E-state index contributed by atoms with van der Waals surface area (Å²) in [5.74, 6) is 0. The molecule has 1 aliphatic rings. The van der Waals surface area contributed by atoms with Gasteiger partial charge in [0.05, 0.1) is 26.4 Å². The number of amides is 2. The number of hydrogen-bond donors (Lipinski definition) is 1. The highest BCUT2D eigenvalue weighted by molar-refractivity contribution is 5.72. The number of ether oxygens (including phenoxy) is 1. The molecule has 1 N–H and O–H groups in total. The van der Waals surface area contributed by atoms with Crippen molar-refractivity contribution in [1.29, 1.82) is 0 Å². The molecular formula is C20H25N3O3. The topological polar surface area (TPSA) is 54.0 Å². The van der Waals surface area contributed by atoms with Crippen LogP contribution >= 0.6 is 0 Å². The third-order valence-electron chi connectivity index (χ3n) is 4.18. The summed E-state index contributed by atoms with van der Waals surface area (Å²) in [5.41, 5.74) is 2.04. The largest absolute Gasteiger partial charge is 0.379 e. The van der Waals surface area contributed by atoms with Crippen LogP contribution < -0.4 is 5.32 Å². The van der Waals surface area contributed by atoms with Crippen LogP contribution in [0.4, 0.5) is 4.79 Å². The first-order valence-corrected chi connectivity index (χ1v) is 8.87. The molecule has 6 heteroatoms. The van der Waals surface area contributed by atoms with Crippen molar-refractivity contribution in [3.05, 3.63) is 71.8 Å². The van der Waals surface area contributed by atoms with Crippen LogP contribution in [0.5, 0.6) is 0 Å². The minimum atomic E-state index is -0.240. The molecule has 1 aliphatic heterocycles. The van der Waals surface area contributed by atoms with Gasteiger partial charge < -0.3 is 10.1 Å². The van der Waals surface area contributed by atoms with Gasteiger partial charge in [-0.25, -0.2) is 4.79 Å². The first-order chi connectivity index (χ1) is 12.8. The molecule has 26 heavy (non-hydrogen) atoms. The van der Waals surface area contributed by atoms with Gasteiger partial charge in [0, 0.05) is 13.1 Å². The van der Waals surface area contributed by atoms with Crippen molar-refractivity contribution in [2.75, 3.05) is 33.0 Å². The minimum absolute atomic E-state index is 0.240. The van der Waals surface area contributed by atoms with Gasteiger partial charge in [0.15, 0.2) is 0 Å². The quantitative estimate of drug-likeness (QED) is 0.776. The molecule has 2 amide bonds. The summed E-state index contributed by atoms with van der Waals surface area (Å²) in [6, 6.07) is 19.4. The van der Waals surface area contributed by atoms with Gasteiger partial charge in [-0.15, -0.1) is 0 Å². The van der Waals surface area contributed by atoms with Crippen molar-refractivity contribution in [2.24, 2.45) is 0 Å². The maximum Gasteiger partial charge on any atom is 0.342 e. The lowest BCUT2D eigenvalue weighted by Crippen LogP contribution is -2.47. The predicted octanol–water partition coefficient (Wildman–Crippen LogP) is 2.62. The van der Waals surface area contributed by atoms with Gasteiger partial charge in [-0.2, -0.15) is 5.06 Å². The standard InChI is InChI=1S/C20H25N3O3/c24-20(21-17-22-11-13-25-14-12-22)23(15-18-7-3-1-4-8-18)26-16-19-9-5-2-6-10-19/h1-10H,11-17H2,(H,21,24). The van der Waals surface area contributed by atoms with Gasteiger partial charge in [-0.3, -0.25) is 9.74 Å². The zero-order valence-electron chi connectivity index (χ0n) is 14.8. The van der Waals surface area contributed by atoms with Crippen molar-refractivity contribution in [2.45, 2.75) is 13.2 Å². The second-order valence-electron chi connectivity index (χ2n) is 6.15. The number of carbonyl (C=O) groups excluding carboxylic acids is 1.